The summed E-state index contributed by atoms with van der Waals surface area (Å²) in [4.78, 5) is 23.0. The maximum atomic E-state index is 11.7. The van der Waals surface area contributed by atoms with Crippen molar-refractivity contribution in [3.63, 3.8) is 0 Å². The average molecular weight is 440 g/mol. The van der Waals surface area contributed by atoms with E-state index >= 15 is 0 Å². The standard InChI is InChI=1S/C19H37NO8S/c1-2-3-4-9-12-16(22)13-10-7-5-6-8-11-14-17(28-29(25,26)27)19(20,15-21)18(23)24/h17,21H,2-15,20H2,1H3,(H,23,24)(H,25,26,27). The highest BCUT2D eigenvalue weighted by molar-refractivity contribution is 7.80. The Morgan fingerprint density at radius 2 is 1.45 bits per heavy atom. The molecule has 0 rings (SSSR count). The van der Waals surface area contributed by atoms with Crippen LogP contribution in [0.1, 0.15) is 90.4 Å². The molecule has 0 bridgehead atoms. The van der Waals surface area contributed by atoms with Crippen molar-refractivity contribution in [2.75, 3.05) is 6.61 Å². The van der Waals surface area contributed by atoms with Crippen LogP contribution in [0.2, 0.25) is 0 Å². The number of ketones is 1. The molecule has 10 heteroatoms. The van der Waals surface area contributed by atoms with Crippen LogP contribution in [0.15, 0.2) is 0 Å². The Morgan fingerprint density at radius 3 is 1.90 bits per heavy atom. The second-order valence-corrected chi connectivity index (χ2v) is 8.57. The lowest BCUT2D eigenvalue weighted by Gasteiger charge is -2.30. The first-order valence-corrected chi connectivity index (χ1v) is 11.7. The zero-order valence-electron chi connectivity index (χ0n) is 17.3. The van der Waals surface area contributed by atoms with Gasteiger partial charge in [0, 0.05) is 12.8 Å². The Balaban J connectivity index is 4.10. The van der Waals surface area contributed by atoms with Crippen molar-refractivity contribution in [3.05, 3.63) is 0 Å². The molecule has 29 heavy (non-hydrogen) atoms. The van der Waals surface area contributed by atoms with Crippen molar-refractivity contribution < 1.29 is 37.0 Å². The van der Waals surface area contributed by atoms with Gasteiger partial charge in [-0.2, -0.15) is 8.42 Å². The molecule has 2 unspecified atom stereocenters. The van der Waals surface area contributed by atoms with Crippen LogP contribution >= 0.6 is 0 Å². The molecule has 0 saturated heterocycles. The minimum Gasteiger partial charge on any atom is -0.480 e. The summed E-state index contributed by atoms with van der Waals surface area (Å²) in [6.45, 7) is 1.10. The Kier molecular flexibility index (Phi) is 14.3. The summed E-state index contributed by atoms with van der Waals surface area (Å²) in [6, 6.07) is 0. The first-order valence-electron chi connectivity index (χ1n) is 10.4. The van der Waals surface area contributed by atoms with Crippen molar-refractivity contribution in [1.29, 1.82) is 0 Å². The summed E-state index contributed by atoms with van der Waals surface area (Å²) in [5.41, 5.74) is 3.24. The molecule has 172 valence electrons. The molecule has 5 N–H and O–H groups in total. The third kappa shape index (κ3) is 13.0. The fourth-order valence-electron chi connectivity index (χ4n) is 3.08. The van der Waals surface area contributed by atoms with Gasteiger partial charge in [-0.3, -0.25) is 14.1 Å². The minimum atomic E-state index is -4.91. The molecule has 0 aliphatic rings. The number of aliphatic hydroxyl groups excluding tert-OH is 1. The van der Waals surface area contributed by atoms with Gasteiger partial charge in [-0.25, -0.2) is 4.18 Å². The first-order chi connectivity index (χ1) is 13.6. The van der Waals surface area contributed by atoms with Crippen molar-refractivity contribution in [2.45, 2.75) is 102 Å². The predicted molar refractivity (Wildman–Crippen MR) is 109 cm³/mol. The quantitative estimate of drug-likeness (QED) is 0.175. The summed E-state index contributed by atoms with van der Waals surface area (Å²) in [5.74, 6) is -1.31. The van der Waals surface area contributed by atoms with Gasteiger partial charge >= 0.3 is 16.4 Å². The molecule has 0 radical (unpaired) electrons. The van der Waals surface area contributed by atoms with Crippen LogP contribution in [0.25, 0.3) is 0 Å². The van der Waals surface area contributed by atoms with Crippen molar-refractivity contribution >= 4 is 22.2 Å². The number of aliphatic hydroxyl groups is 1. The maximum absolute atomic E-state index is 11.7. The topological polar surface area (TPSA) is 164 Å². The lowest BCUT2D eigenvalue weighted by molar-refractivity contribution is -0.149. The van der Waals surface area contributed by atoms with Crippen LogP contribution in [-0.4, -0.2) is 53.2 Å². The second kappa shape index (κ2) is 14.8. The van der Waals surface area contributed by atoms with Gasteiger partial charge in [-0.1, -0.05) is 58.3 Å². The smallest absolute Gasteiger partial charge is 0.397 e. The number of carbonyl (C=O) groups excluding carboxylic acids is 1. The van der Waals surface area contributed by atoms with Gasteiger partial charge in [-0.15, -0.1) is 0 Å². The lowest BCUT2D eigenvalue weighted by atomic mass is 9.90. The lowest BCUT2D eigenvalue weighted by Crippen LogP contribution is -2.61. The Labute approximate surface area is 174 Å². The monoisotopic (exact) mass is 439 g/mol. The van der Waals surface area contributed by atoms with E-state index in [1.54, 1.807) is 0 Å². The number of aliphatic carboxylic acids is 1. The number of carboxylic acids is 1. The Bertz CT molecular complexity index is 581. The molecular formula is C19H37NO8S. The van der Waals surface area contributed by atoms with Crippen molar-refractivity contribution in [3.8, 4) is 0 Å². The molecule has 0 aromatic carbocycles. The normalized spacial score (nSPS) is 15.0. The Morgan fingerprint density at radius 1 is 0.966 bits per heavy atom. The number of Topliss-reactive ketones (excluding diaryl/α,β-unsaturated/α-hetero) is 1. The van der Waals surface area contributed by atoms with E-state index in [9.17, 15) is 23.1 Å². The molecule has 0 heterocycles. The number of rotatable bonds is 19. The maximum Gasteiger partial charge on any atom is 0.397 e. The van der Waals surface area contributed by atoms with Crippen LogP contribution in [0.4, 0.5) is 0 Å². The van der Waals surface area contributed by atoms with Gasteiger partial charge in [0.2, 0.25) is 0 Å². The summed E-state index contributed by atoms with van der Waals surface area (Å²) in [5, 5.41) is 18.4. The summed E-state index contributed by atoms with van der Waals surface area (Å²) >= 11 is 0. The molecule has 0 aliphatic carbocycles. The predicted octanol–water partition coefficient (Wildman–Crippen LogP) is 2.61. The summed E-state index contributed by atoms with van der Waals surface area (Å²) < 4.78 is 35.2. The molecule has 0 saturated carbocycles. The average Bonchev–Trinajstić information content (AvgIpc) is 2.64. The second-order valence-electron chi connectivity index (χ2n) is 7.53. The van der Waals surface area contributed by atoms with Gasteiger partial charge in [0.1, 0.15) is 11.9 Å². The third-order valence-corrected chi connectivity index (χ3v) is 5.43. The highest BCUT2D eigenvalue weighted by Crippen LogP contribution is 2.21. The van der Waals surface area contributed by atoms with E-state index in [1.807, 2.05) is 0 Å². The van der Waals surface area contributed by atoms with E-state index < -0.39 is 34.6 Å². The molecule has 0 aromatic heterocycles. The molecule has 2 atom stereocenters. The van der Waals surface area contributed by atoms with Gasteiger partial charge in [0.25, 0.3) is 0 Å². The summed E-state index contributed by atoms with van der Waals surface area (Å²) in [7, 11) is -4.91. The first kappa shape index (κ1) is 27.9. The SMILES string of the molecule is CCCCCCC(=O)CCCCCCCCC(OS(=O)(=O)O)C(N)(CO)C(=O)O. The molecule has 0 amide bonds. The highest BCUT2D eigenvalue weighted by Gasteiger charge is 2.44. The molecule has 0 spiro atoms. The zero-order chi connectivity index (χ0) is 22.3. The zero-order valence-corrected chi connectivity index (χ0v) is 18.2. The van der Waals surface area contributed by atoms with E-state index in [-0.39, 0.29) is 6.42 Å². The summed E-state index contributed by atoms with van der Waals surface area (Å²) in [6.07, 6.45) is 8.61. The highest BCUT2D eigenvalue weighted by atomic mass is 32.3. The van der Waals surface area contributed by atoms with Gasteiger partial charge in [0.05, 0.1) is 6.61 Å². The van der Waals surface area contributed by atoms with E-state index in [2.05, 4.69) is 11.1 Å². The van der Waals surface area contributed by atoms with Crippen LogP contribution in [0.3, 0.4) is 0 Å². The Hall–Kier alpha value is -1.07. The number of hydrogen-bond acceptors (Lipinski definition) is 7. The van der Waals surface area contributed by atoms with Crippen LogP contribution in [-0.2, 0) is 24.2 Å². The molecule has 0 fully saturated rings. The molecule has 0 aromatic rings. The number of carbonyl (C=O) groups is 2. The van der Waals surface area contributed by atoms with E-state index in [1.165, 1.54) is 6.42 Å². The molecule has 0 aliphatic heterocycles. The number of nitrogens with two attached hydrogens (primary N) is 1. The fraction of sp³-hybridized carbons (Fsp3) is 0.895. The van der Waals surface area contributed by atoms with Crippen molar-refractivity contribution in [1.82, 2.24) is 0 Å². The van der Waals surface area contributed by atoms with Crippen molar-refractivity contribution in [2.24, 2.45) is 5.73 Å². The number of unbranched alkanes of at least 4 members (excludes halogenated alkanes) is 8. The number of hydrogen-bond donors (Lipinski definition) is 4. The van der Waals surface area contributed by atoms with Crippen LogP contribution in [0.5, 0.6) is 0 Å². The van der Waals surface area contributed by atoms with E-state index in [0.29, 0.717) is 31.5 Å². The van der Waals surface area contributed by atoms with E-state index in [0.717, 1.165) is 44.9 Å². The van der Waals surface area contributed by atoms with Gasteiger partial charge < -0.3 is 15.9 Å². The molecule has 9 nitrogen and oxygen atoms in total. The number of carboxylic acid groups (broad SMARTS) is 1. The largest absolute Gasteiger partial charge is 0.480 e. The van der Waals surface area contributed by atoms with E-state index in [4.69, 9.17) is 15.4 Å². The van der Waals surface area contributed by atoms with Crippen LogP contribution < -0.4 is 5.73 Å². The molecular weight excluding hydrogens is 402 g/mol. The third-order valence-electron chi connectivity index (χ3n) is 4.95. The van der Waals surface area contributed by atoms with Gasteiger partial charge in [0.15, 0.2) is 5.54 Å². The van der Waals surface area contributed by atoms with Gasteiger partial charge in [-0.05, 0) is 19.3 Å². The fourth-order valence-corrected chi connectivity index (χ4v) is 3.64. The minimum absolute atomic E-state index is 0.0423. The van der Waals surface area contributed by atoms with Crippen LogP contribution in [0, 0.1) is 0 Å².